The first-order valence-electron chi connectivity index (χ1n) is 5.87. The molecule has 0 aliphatic carbocycles. The molecular weight excluding hydrogens is 289 g/mol. The topological polar surface area (TPSA) is 40.7 Å². The van der Waals surface area contributed by atoms with Gasteiger partial charge in [0.2, 0.25) is 0 Å². The lowest BCUT2D eigenvalue weighted by molar-refractivity contribution is 0.553. The van der Waals surface area contributed by atoms with Gasteiger partial charge < -0.3 is 10.3 Å². The molecule has 1 saturated heterocycles. The van der Waals surface area contributed by atoms with Crippen LogP contribution in [0.15, 0.2) is 12.1 Å². The summed E-state index contributed by atoms with van der Waals surface area (Å²) in [6.45, 7) is 1.08. The minimum Gasteiger partial charge on any atom is -0.342 e. The van der Waals surface area contributed by atoms with Gasteiger partial charge in [0.05, 0.1) is 21.1 Å². The third-order valence-corrected chi connectivity index (χ3v) is 4.86. The Morgan fingerprint density at radius 2 is 2.17 bits per heavy atom. The molecule has 2 heterocycles. The number of H-pyrrole nitrogens is 1. The van der Waals surface area contributed by atoms with Gasteiger partial charge in [-0.2, -0.15) is 11.8 Å². The molecule has 0 radical (unpaired) electrons. The van der Waals surface area contributed by atoms with E-state index in [1.165, 1.54) is 5.75 Å². The zero-order chi connectivity index (χ0) is 12.5. The number of hydrogen-bond acceptors (Lipinski definition) is 3. The summed E-state index contributed by atoms with van der Waals surface area (Å²) < 4.78 is 0. The van der Waals surface area contributed by atoms with Gasteiger partial charge in [-0.3, -0.25) is 0 Å². The number of imidazole rings is 1. The summed E-state index contributed by atoms with van der Waals surface area (Å²) in [5.41, 5.74) is 1.82. The highest BCUT2D eigenvalue weighted by Gasteiger charge is 2.15. The van der Waals surface area contributed by atoms with Crippen molar-refractivity contribution < 1.29 is 0 Å². The number of nitrogens with one attached hydrogen (secondary N) is 2. The van der Waals surface area contributed by atoms with E-state index in [9.17, 15) is 0 Å². The summed E-state index contributed by atoms with van der Waals surface area (Å²) in [6, 6.07) is 4.14. The fourth-order valence-electron chi connectivity index (χ4n) is 2.14. The molecule has 0 saturated carbocycles. The molecule has 1 fully saturated rings. The number of aromatic amines is 1. The van der Waals surface area contributed by atoms with Gasteiger partial charge in [0.25, 0.3) is 0 Å². The van der Waals surface area contributed by atoms with Crippen LogP contribution in [0.3, 0.4) is 0 Å². The summed E-state index contributed by atoms with van der Waals surface area (Å²) in [5, 5.41) is 4.61. The van der Waals surface area contributed by atoms with E-state index >= 15 is 0 Å². The number of nitrogens with zero attached hydrogens (tertiary/aromatic N) is 1. The average molecular weight is 302 g/mol. The van der Waals surface area contributed by atoms with Crippen LogP contribution in [0.2, 0.25) is 10.0 Å². The number of halogens is 2. The number of aromatic nitrogens is 2. The number of hydrogen-bond donors (Lipinski definition) is 2. The lowest BCUT2D eigenvalue weighted by atomic mass is 10.2. The summed E-state index contributed by atoms with van der Waals surface area (Å²) >= 11 is 14.0. The first kappa shape index (κ1) is 12.6. The third-order valence-electron chi connectivity index (χ3n) is 3.01. The molecule has 0 amide bonds. The second-order valence-corrected chi connectivity index (χ2v) is 6.36. The van der Waals surface area contributed by atoms with Crippen molar-refractivity contribution in [2.45, 2.75) is 12.5 Å². The molecule has 96 valence electrons. The number of fused-ring (bicyclic) bond motifs is 1. The molecule has 1 atom stereocenters. The summed E-state index contributed by atoms with van der Waals surface area (Å²) in [5.74, 6) is 3.32. The predicted molar refractivity (Wildman–Crippen MR) is 78.9 cm³/mol. The second kappa shape index (κ2) is 5.29. The Morgan fingerprint density at radius 1 is 1.33 bits per heavy atom. The quantitative estimate of drug-likeness (QED) is 0.895. The van der Waals surface area contributed by atoms with Gasteiger partial charge in [0, 0.05) is 30.5 Å². The normalized spacial score (nSPS) is 20.4. The van der Waals surface area contributed by atoms with Crippen LogP contribution in [0, 0.1) is 0 Å². The second-order valence-electron chi connectivity index (χ2n) is 4.40. The van der Waals surface area contributed by atoms with Gasteiger partial charge in [-0.15, -0.1) is 0 Å². The van der Waals surface area contributed by atoms with Crippen LogP contribution in [-0.4, -0.2) is 34.1 Å². The van der Waals surface area contributed by atoms with Gasteiger partial charge in [0.15, 0.2) is 0 Å². The number of rotatable bonds is 2. The van der Waals surface area contributed by atoms with Crippen molar-refractivity contribution in [3.63, 3.8) is 0 Å². The van der Waals surface area contributed by atoms with Crippen molar-refractivity contribution in [2.24, 2.45) is 0 Å². The van der Waals surface area contributed by atoms with Crippen molar-refractivity contribution in [1.29, 1.82) is 0 Å². The van der Waals surface area contributed by atoms with Gasteiger partial charge in [-0.05, 0) is 12.1 Å². The monoisotopic (exact) mass is 301 g/mol. The van der Waals surface area contributed by atoms with Crippen molar-refractivity contribution in [2.75, 3.05) is 18.1 Å². The van der Waals surface area contributed by atoms with Crippen molar-refractivity contribution in [3.05, 3.63) is 28.0 Å². The van der Waals surface area contributed by atoms with E-state index in [0.717, 1.165) is 35.6 Å². The van der Waals surface area contributed by atoms with Crippen LogP contribution in [0.25, 0.3) is 11.0 Å². The molecule has 1 aromatic heterocycles. The molecule has 2 N–H and O–H groups in total. The van der Waals surface area contributed by atoms with Crippen molar-refractivity contribution >= 4 is 46.0 Å². The molecule has 3 nitrogen and oxygen atoms in total. The zero-order valence-corrected chi connectivity index (χ0v) is 12.0. The molecular formula is C12H13Cl2N3S. The highest BCUT2D eigenvalue weighted by Crippen LogP contribution is 2.26. The van der Waals surface area contributed by atoms with Crippen LogP contribution in [0.1, 0.15) is 5.82 Å². The third kappa shape index (κ3) is 2.62. The Hall–Kier alpha value is -0.420. The van der Waals surface area contributed by atoms with E-state index in [2.05, 4.69) is 15.3 Å². The van der Waals surface area contributed by atoms with Crippen molar-refractivity contribution in [3.8, 4) is 0 Å². The molecule has 0 bridgehead atoms. The Balaban J connectivity index is 1.84. The van der Waals surface area contributed by atoms with Crippen LogP contribution in [-0.2, 0) is 6.42 Å². The minimum absolute atomic E-state index is 0.496. The van der Waals surface area contributed by atoms with Gasteiger partial charge in [-0.25, -0.2) is 4.98 Å². The summed E-state index contributed by atoms with van der Waals surface area (Å²) in [7, 11) is 0. The van der Waals surface area contributed by atoms with Crippen LogP contribution in [0.5, 0.6) is 0 Å². The summed E-state index contributed by atoms with van der Waals surface area (Å²) in [6.07, 6.45) is 0.914. The molecule has 2 aromatic rings. The smallest absolute Gasteiger partial charge is 0.108 e. The van der Waals surface area contributed by atoms with Gasteiger partial charge >= 0.3 is 0 Å². The predicted octanol–water partition coefficient (Wildman–Crippen LogP) is 3.12. The van der Waals surface area contributed by atoms with E-state index in [1.807, 2.05) is 23.9 Å². The zero-order valence-electron chi connectivity index (χ0n) is 9.67. The first-order chi connectivity index (χ1) is 8.72. The van der Waals surface area contributed by atoms with Crippen LogP contribution >= 0.6 is 35.0 Å². The lowest BCUT2D eigenvalue weighted by Crippen LogP contribution is -2.39. The fraction of sp³-hybridized carbons (Fsp3) is 0.417. The Kier molecular flexibility index (Phi) is 3.71. The molecule has 0 spiro atoms. The highest BCUT2D eigenvalue weighted by atomic mass is 35.5. The Labute approximate surface area is 120 Å². The Morgan fingerprint density at radius 3 is 2.94 bits per heavy atom. The van der Waals surface area contributed by atoms with E-state index in [1.54, 1.807) is 0 Å². The lowest BCUT2D eigenvalue weighted by Gasteiger charge is -2.21. The van der Waals surface area contributed by atoms with E-state index in [0.29, 0.717) is 16.1 Å². The van der Waals surface area contributed by atoms with E-state index in [-0.39, 0.29) is 0 Å². The molecule has 1 aliphatic heterocycles. The average Bonchev–Trinajstić information content (AvgIpc) is 2.72. The fourth-order valence-corrected chi connectivity index (χ4v) is 3.41. The number of thioether (sulfide) groups is 1. The molecule has 3 rings (SSSR count). The molecule has 1 unspecified atom stereocenters. The van der Waals surface area contributed by atoms with Crippen LogP contribution < -0.4 is 5.32 Å². The maximum absolute atomic E-state index is 5.99. The van der Waals surface area contributed by atoms with Gasteiger partial charge in [-0.1, -0.05) is 23.2 Å². The maximum atomic E-state index is 5.99. The van der Waals surface area contributed by atoms with Crippen molar-refractivity contribution in [1.82, 2.24) is 15.3 Å². The first-order valence-corrected chi connectivity index (χ1v) is 7.78. The summed E-state index contributed by atoms with van der Waals surface area (Å²) in [4.78, 5) is 7.87. The Bertz CT molecular complexity index is 525. The largest absolute Gasteiger partial charge is 0.342 e. The molecule has 18 heavy (non-hydrogen) atoms. The standard InChI is InChI=1S/C12H13Cl2N3S/c13-8-4-10-11(5-9(8)14)17-12(16-10)3-7-6-18-2-1-15-7/h4-5,7,15H,1-3,6H2,(H,16,17). The van der Waals surface area contributed by atoms with E-state index in [4.69, 9.17) is 23.2 Å². The van der Waals surface area contributed by atoms with E-state index < -0.39 is 0 Å². The molecule has 1 aliphatic rings. The maximum Gasteiger partial charge on any atom is 0.108 e. The molecule has 6 heteroatoms. The molecule has 1 aromatic carbocycles. The SMILES string of the molecule is Clc1cc2nc(CC3CSCCN3)[nH]c2cc1Cl. The highest BCUT2D eigenvalue weighted by molar-refractivity contribution is 7.99. The van der Waals surface area contributed by atoms with Crippen LogP contribution in [0.4, 0.5) is 0 Å². The number of benzene rings is 1. The minimum atomic E-state index is 0.496. The van der Waals surface area contributed by atoms with Gasteiger partial charge in [0.1, 0.15) is 5.82 Å².